The molecule has 0 aliphatic carbocycles. The predicted octanol–water partition coefficient (Wildman–Crippen LogP) is -0.0518. The van der Waals surface area contributed by atoms with Gasteiger partial charge in [-0.05, 0) is 38.6 Å². The van der Waals surface area contributed by atoms with Crippen LogP contribution in [0.3, 0.4) is 0 Å². The van der Waals surface area contributed by atoms with Gasteiger partial charge in [0.25, 0.3) is 0 Å². The molecule has 106 valence electrons. The average molecular weight is 285 g/mol. The molecule has 1 aromatic rings. The molecule has 0 saturated carbocycles. The Balaban J connectivity index is 2.68. The maximum absolute atomic E-state index is 11.8. The summed E-state index contributed by atoms with van der Waals surface area (Å²) in [7, 11) is -1.97. The fraction of sp³-hybridized carbons (Fsp3) is 0.417. The van der Waals surface area contributed by atoms with Crippen molar-refractivity contribution < 1.29 is 13.2 Å². The van der Waals surface area contributed by atoms with Gasteiger partial charge in [-0.15, -0.1) is 0 Å². The zero-order valence-corrected chi connectivity index (χ0v) is 12.0. The average Bonchev–Trinajstić information content (AvgIpc) is 2.35. The number of amides is 1. The minimum atomic E-state index is -3.68. The molecule has 0 unspecified atom stereocenters. The highest BCUT2D eigenvalue weighted by atomic mass is 32.2. The number of likely N-dealkylation sites (N-methyl/N-ethyl adjacent to an activating group) is 1. The van der Waals surface area contributed by atoms with Crippen molar-refractivity contribution in [3.05, 3.63) is 29.8 Å². The number of nitrogens with one attached hydrogen (secondary N) is 2. The molecule has 6 nitrogen and oxygen atoms in total. The Morgan fingerprint density at radius 1 is 1.26 bits per heavy atom. The van der Waals surface area contributed by atoms with Crippen molar-refractivity contribution in [1.82, 2.24) is 10.6 Å². The van der Waals surface area contributed by atoms with Gasteiger partial charge in [0.15, 0.2) is 0 Å². The number of hydrogen-bond donors (Lipinski definition) is 3. The fourth-order valence-corrected chi connectivity index (χ4v) is 1.83. The van der Waals surface area contributed by atoms with Crippen LogP contribution in [0, 0.1) is 0 Å². The van der Waals surface area contributed by atoms with Crippen LogP contribution in [0.4, 0.5) is 0 Å². The van der Waals surface area contributed by atoms with E-state index in [9.17, 15) is 13.2 Å². The molecule has 19 heavy (non-hydrogen) atoms. The molecule has 0 aliphatic heterocycles. The van der Waals surface area contributed by atoms with Crippen molar-refractivity contribution in [2.75, 3.05) is 7.05 Å². The van der Waals surface area contributed by atoms with Crippen LogP contribution >= 0.6 is 0 Å². The number of sulfonamides is 1. The highest BCUT2D eigenvalue weighted by molar-refractivity contribution is 7.89. The maximum atomic E-state index is 11.8. The molecule has 0 heterocycles. The van der Waals surface area contributed by atoms with Gasteiger partial charge in [-0.2, -0.15) is 0 Å². The van der Waals surface area contributed by atoms with Crippen molar-refractivity contribution >= 4 is 15.9 Å². The summed E-state index contributed by atoms with van der Waals surface area (Å²) in [6.07, 6.45) is 0. The van der Waals surface area contributed by atoms with Crippen LogP contribution in [0.2, 0.25) is 0 Å². The second-order valence-corrected chi connectivity index (χ2v) is 6.31. The summed E-state index contributed by atoms with van der Waals surface area (Å²) < 4.78 is 22.2. The summed E-state index contributed by atoms with van der Waals surface area (Å²) in [6.45, 7) is 3.87. The first kappa shape index (κ1) is 15.6. The van der Waals surface area contributed by atoms with Gasteiger partial charge in [-0.1, -0.05) is 12.1 Å². The minimum absolute atomic E-state index is 0.0538. The summed E-state index contributed by atoms with van der Waals surface area (Å²) in [5, 5.41) is 10.7. The largest absolute Gasteiger partial charge is 0.350 e. The Labute approximate surface area is 113 Å². The van der Waals surface area contributed by atoms with E-state index in [0.717, 1.165) is 5.56 Å². The molecule has 0 aliphatic rings. The summed E-state index contributed by atoms with van der Waals surface area (Å²) >= 11 is 0. The van der Waals surface area contributed by atoms with E-state index in [1.165, 1.54) is 12.1 Å². The Morgan fingerprint density at radius 3 is 2.21 bits per heavy atom. The van der Waals surface area contributed by atoms with Gasteiger partial charge < -0.3 is 10.6 Å². The van der Waals surface area contributed by atoms with Gasteiger partial charge in [0.05, 0.1) is 10.4 Å². The topological polar surface area (TPSA) is 101 Å². The molecule has 1 aromatic carbocycles. The van der Waals surface area contributed by atoms with Crippen molar-refractivity contribution in [2.24, 2.45) is 5.14 Å². The van der Waals surface area contributed by atoms with Crippen LogP contribution < -0.4 is 15.8 Å². The van der Waals surface area contributed by atoms with Crippen LogP contribution in [-0.2, 0) is 21.4 Å². The normalized spacial score (nSPS) is 12.2. The monoisotopic (exact) mass is 285 g/mol. The number of rotatable bonds is 5. The van der Waals surface area contributed by atoms with Gasteiger partial charge in [0.1, 0.15) is 0 Å². The molecular formula is C12H19N3O3S. The second kappa shape index (κ2) is 5.68. The number of hydrogen-bond acceptors (Lipinski definition) is 4. The standard InChI is InChI=1S/C12H19N3O3S/c1-12(2,14-3)11(16)15-8-9-4-6-10(7-5-9)19(13,17)18/h4-7,14H,8H2,1-3H3,(H,15,16)(H2,13,17,18). The third-order valence-corrected chi connectivity index (χ3v) is 3.83. The molecule has 0 saturated heterocycles. The van der Waals surface area contributed by atoms with Gasteiger partial charge in [0.2, 0.25) is 15.9 Å². The highest BCUT2D eigenvalue weighted by Crippen LogP contribution is 2.09. The van der Waals surface area contributed by atoms with Crippen molar-refractivity contribution in [3.8, 4) is 0 Å². The van der Waals surface area contributed by atoms with Crippen LogP contribution in [-0.4, -0.2) is 26.9 Å². The molecule has 0 radical (unpaired) electrons. The molecule has 0 aromatic heterocycles. The van der Waals surface area contributed by atoms with Crippen LogP contribution in [0.25, 0.3) is 0 Å². The van der Waals surface area contributed by atoms with Crippen molar-refractivity contribution in [2.45, 2.75) is 30.8 Å². The zero-order valence-electron chi connectivity index (χ0n) is 11.2. The summed E-state index contributed by atoms with van der Waals surface area (Å²) in [5.41, 5.74) is 0.147. The van der Waals surface area contributed by atoms with E-state index in [2.05, 4.69) is 10.6 Å². The molecular weight excluding hydrogens is 266 g/mol. The van der Waals surface area contributed by atoms with Gasteiger partial charge in [-0.25, -0.2) is 13.6 Å². The number of carbonyl (C=O) groups is 1. The van der Waals surface area contributed by atoms with Gasteiger partial charge in [0, 0.05) is 6.54 Å². The first-order valence-corrected chi connectivity index (χ1v) is 7.30. The van der Waals surface area contributed by atoms with Gasteiger partial charge in [-0.3, -0.25) is 4.79 Å². The summed E-state index contributed by atoms with van der Waals surface area (Å²) in [6, 6.07) is 6.07. The van der Waals surface area contributed by atoms with Crippen molar-refractivity contribution in [3.63, 3.8) is 0 Å². The molecule has 0 bridgehead atoms. The first-order chi connectivity index (χ1) is 8.66. The van der Waals surface area contributed by atoms with E-state index in [4.69, 9.17) is 5.14 Å². The second-order valence-electron chi connectivity index (χ2n) is 4.75. The zero-order chi connectivity index (χ0) is 14.7. The molecule has 4 N–H and O–H groups in total. The Bertz CT molecular complexity index is 550. The number of benzene rings is 1. The molecule has 0 fully saturated rings. The third-order valence-electron chi connectivity index (χ3n) is 2.90. The van der Waals surface area contributed by atoms with Crippen LogP contribution in [0.15, 0.2) is 29.2 Å². The van der Waals surface area contributed by atoms with E-state index < -0.39 is 15.6 Å². The predicted molar refractivity (Wildman–Crippen MR) is 72.8 cm³/mol. The van der Waals surface area contributed by atoms with E-state index >= 15 is 0 Å². The smallest absolute Gasteiger partial charge is 0.239 e. The quantitative estimate of drug-likeness (QED) is 0.706. The fourth-order valence-electron chi connectivity index (χ4n) is 1.31. The Kier molecular flexibility index (Phi) is 4.67. The lowest BCUT2D eigenvalue weighted by Gasteiger charge is -2.22. The summed E-state index contributed by atoms with van der Waals surface area (Å²) in [4.78, 5) is 11.9. The Hall–Kier alpha value is -1.44. The molecule has 1 rings (SSSR count). The summed E-state index contributed by atoms with van der Waals surface area (Å²) in [5.74, 6) is -0.134. The number of nitrogens with two attached hydrogens (primary N) is 1. The van der Waals surface area contributed by atoms with E-state index in [1.807, 2.05) is 0 Å². The van der Waals surface area contributed by atoms with Crippen molar-refractivity contribution in [1.29, 1.82) is 0 Å². The van der Waals surface area contributed by atoms with Gasteiger partial charge >= 0.3 is 0 Å². The van der Waals surface area contributed by atoms with Crippen LogP contribution in [0.5, 0.6) is 0 Å². The Morgan fingerprint density at radius 2 is 1.79 bits per heavy atom. The molecule has 0 atom stereocenters. The lowest BCUT2D eigenvalue weighted by molar-refractivity contribution is -0.126. The highest BCUT2D eigenvalue weighted by Gasteiger charge is 2.24. The number of primary sulfonamides is 1. The molecule has 7 heteroatoms. The van der Waals surface area contributed by atoms with E-state index in [-0.39, 0.29) is 10.8 Å². The lowest BCUT2D eigenvalue weighted by Crippen LogP contribution is -2.50. The molecule has 1 amide bonds. The minimum Gasteiger partial charge on any atom is -0.350 e. The third kappa shape index (κ3) is 4.30. The van der Waals surface area contributed by atoms with Crippen LogP contribution in [0.1, 0.15) is 19.4 Å². The van der Waals surface area contributed by atoms with E-state index in [0.29, 0.717) is 6.54 Å². The number of carbonyl (C=O) groups excluding carboxylic acids is 1. The maximum Gasteiger partial charge on any atom is 0.239 e. The molecule has 0 spiro atoms. The first-order valence-electron chi connectivity index (χ1n) is 5.76. The lowest BCUT2D eigenvalue weighted by atomic mass is 10.1. The van der Waals surface area contributed by atoms with E-state index in [1.54, 1.807) is 33.0 Å². The SMILES string of the molecule is CNC(C)(C)C(=O)NCc1ccc(S(N)(=O)=O)cc1.